The lowest BCUT2D eigenvalue weighted by Crippen LogP contribution is -2.70. The Hall–Kier alpha value is -3.64. The van der Waals surface area contributed by atoms with E-state index in [2.05, 4.69) is 5.32 Å². The van der Waals surface area contributed by atoms with Crippen LogP contribution in [0.2, 0.25) is 0 Å². The number of nitrogens with one attached hydrogen (secondary N) is 1. The van der Waals surface area contributed by atoms with Gasteiger partial charge in [0, 0.05) is 35.0 Å². The molecular formula is C35H37F2NO8. The number of ether oxygens (including phenoxy) is 3. The van der Waals surface area contributed by atoms with E-state index in [0.717, 1.165) is 11.8 Å². The number of hydrogen-bond donors (Lipinski definition) is 4. The van der Waals surface area contributed by atoms with Gasteiger partial charge in [0.1, 0.15) is 18.5 Å². The van der Waals surface area contributed by atoms with Crippen molar-refractivity contribution < 1.29 is 47.9 Å². The van der Waals surface area contributed by atoms with Crippen LogP contribution in [0.3, 0.4) is 0 Å². The molecule has 0 amide bonds. The summed E-state index contributed by atoms with van der Waals surface area (Å²) in [6.07, 6.45) is -2.07. The molecule has 0 spiro atoms. The molecule has 5 aliphatic rings. The third-order valence-corrected chi connectivity index (χ3v) is 11.6. The summed E-state index contributed by atoms with van der Waals surface area (Å²) in [6.45, 7) is 2.34. The second-order valence-corrected chi connectivity index (χ2v) is 13.6. The van der Waals surface area contributed by atoms with Crippen LogP contribution in [0.5, 0.6) is 17.2 Å². The van der Waals surface area contributed by atoms with E-state index < -0.39 is 76.8 Å². The number of aliphatic hydroxyl groups is 2. The number of allylic oxidation sites excluding steroid dienone is 4. The van der Waals surface area contributed by atoms with Gasteiger partial charge in [0.2, 0.25) is 0 Å². The minimum atomic E-state index is -2.33. The Morgan fingerprint density at radius 1 is 1.13 bits per heavy atom. The van der Waals surface area contributed by atoms with E-state index in [-0.39, 0.29) is 36.3 Å². The van der Waals surface area contributed by atoms with Gasteiger partial charge in [-0.25, -0.2) is 8.78 Å². The summed E-state index contributed by atoms with van der Waals surface area (Å²) in [5, 5.41) is 35.7. The molecule has 4 aliphatic carbocycles. The molecule has 10 atom stereocenters. The van der Waals surface area contributed by atoms with Crippen molar-refractivity contribution in [3.63, 3.8) is 0 Å². The van der Waals surface area contributed by atoms with Crippen LogP contribution in [-0.2, 0) is 19.1 Å². The van der Waals surface area contributed by atoms with Crippen LogP contribution in [0.1, 0.15) is 45.0 Å². The number of carbonyl (C=O) groups is 2. The van der Waals surface area contributed by atoms with Crippen LogP contribution in [0.4, 0.5) is 14.5 Å². The maximum absolute atomic E-state index is 17.6. The monoisotopic (exact) mass is 637 g/mol. The zero-order valence-corrected chi connectivity index (χ0v) is 25.7. The van der Waals surface area contributed by atoms with Gasteiger partial charge in [0.15, 0.2) is 40.6 Å². The Kier molecular flexibility index (Phi) is 7.03. The van der Waals surface area contributed by atoms with Crippen molar-refractivity contribution in [2.45, 2.75) is 69.0 Å². The van der Waals surface area contributed by atoms with Crippen molar-refractivity contribution in [2.24, 2.45) is 22.7 Å². The Morgan fingerprint density at radius 2 is 1.87 bits per heavy atom. The molecule has 9 nitrogen and oxygen atoms in total. The number of hydrogen-bond acceptors (Lipinski definition) is 9. The largest absolute Gasteiger partial charge is 0.504 e. The Labute approximate surface area is 264 Å². The minimum Gasteiger partial charge on any atom is -0.504 e. The van der Waals surface area contributed by atoms with Crippen LogP contribution in [0.15, 0.2) is 66.3 Å². The molecule has 1 heterocycles. The molecule has 4 N–H and O–H groups in total. The van der Waals surface area contributed by atoms with Crippen molar-refractivity contribution in [1.29, 1.82) is 0 Å². The summed E-state index contributed by atoms with van der Waals surface area (Å²) in [6, 6.07) is 11.7. The van der Waals surface area contributed by atoms with E-state index in [1.165, 1.54) is 25.1 Å². The summed E-state index contributed by atoms with van der Waals surface area (Å²) in [7, 11) is 1.80. The van der Waals surface area contributed by atoms with Gasteiger partial charge >= 0.3 is 0 Å². The molecule has 0 bridgehead atoms. The van der Waals surface area contributed by atoms with Crippen molar-refractivity contribution in [3.8, 4) is 17.2 Å². The standard InChI is InChI=1S/C35H37F2NO8/c1-32-11-10-20(40)13-24(32)25(36)14-23-22-15-30-35(29(43)17-39,33(22,2)16-28(42)34(23,32)37)46-31(45-30)18-4-9-27(26(41)12-18)44-21-7-5-19(38-3)6-8-21/h4-13,22-23,25,28,30-31,38-39,41-42H,14-17H2,1-3H3/t22-,23-,25-,28-,30+,31+,32-,33-,34-,35+/m0/s1. The molecule has 2 aromatic rings. The van der Waals surface area contributed by atoms with Gasteiger partial charge < -0.3 is 34.8 Å². The van der Waals surface area contributed by atoms with Gasteiger partial charge in [-0.1, -0.05) is 13.0 Å². The quantitative estimate of drug-likeness (QED) is 0.350. The fourth-order valence-corrected chi connectivity index (χ4v) is 9.30. The van der Waals surface area contributed by atoms with E-state index in [0.29, 0.717) is 11.3 Å². The number of alkyl halides is 2. The molecule has 1 aliphatic heterocycles. The molecule has 7 rings (SSSR count). The van der Waals surface area contributed by atoms with E-state index in [9.17, 15) is 24.9 Å². The first-order chi connectivity index (χ1) is 21.8. The fourth-order valence-electron chi connectivity index (χ4n) is 9.30. The second kappa shape index (κ2) is 10.4. The Morgan fingerprint density at radius 3 is 2.54 bits per heavy atom. The summed E-state index contributed by atoms with van der Waals surface area (Å²) < 4.78 is 52.0. The lowest BCUT2D eigenvalue weighted by Gasteiger charge is -2.63. The average Bonchev–Trinajstić information content (AvgIpc) is 3.54. The van der Waals surface area contributed by atoms with Gasteiger partial charge in [0.05, 0.1) is 12.2 Å². The zero-order valence-electron chi connectivity index (χ0n) is 25.7. The SMILES string of the molecule is CNc1ccc(Oc2ccc([C@@H]3O[C@@H]4C[C@H]5[C@@H]6C[C@H](F)C7=CC(=O)C=C[C@]7(C)[C@@]6(F)[C@@H](O)C[C@]5(C)[C@]4(C(=O)CO)O3)cc2O)cc1. The number of fused-ring (bicyclic) bond motifs is 7. The third-order valence-electron chi connectivity index (χ3n) is 11.6. The molecule has 0 unspecified atom stereocenters. The van der Waals surface area contributed by atoms with Crippen LogP contribution in [-0.4, -0.2) is 70.2 Å². The maximum atomic E-state index is 17.6. The van der Waals surface area contributed by atoms with Gasteiger partial charge in [-0.2, -0.15) is 0 Å². The second-order valence-electron chi connectivity index (χ2n) is 13.6. The molecule has 11 heteroatoms. The number of carbonyl (C=O) groups excluding carboxylic acids is 2. The first-order valence-electron chi connectivity index (χ1n) is 15.5. The van der Waals surface area contributed by atoms with Crippen LogP contribution >= 0.6 is 0 Å². The lowest BCUT2D eigenvalue weighted by molar-refractivity contribution is -0.235. The Balaban J connectivity index is 1.21. The van der Waals surface area contributed by atoms with Crippen LogP contribution in [0.25, 0.3) is 0 Å². The summed E-state index contributed by atoms with van der Waals surface area (Å²) >= 11 is 0. The first-order valence-corrected chi connectivity index (χ1v) is 15.5. The number of phenols is 1. The number of aromatic hydroxyl groups is 1. The number of anilines is 1. The third kappa shape index (κ3) is 3.98. The molecule has 4 fully saturated rings. The average molecular weight is 638 g/mol. The van der Waals surface area contributed by atoms with Crippen molar-refractivity contribution >= 4 is 17.3 Å². The highest BCUT2D eigenvalue weighted by Crippen LogP contribution is 2.72. The van der Waals surface area contributed by atoms with E-state index in [1.807, 2.05) is 12.1 Å². The maximum Gasteiger partial charge on any atom is 0.193 e. The number of aliphatic hydroxyl groups excluding tert-OH is 2. The number of ketones is 2. The molecular weight excluding hydrogens is 600 g/mol. The number of halogens is 2. The van der Waals surface area contributed by atoms with Crippen LogP contribution in [0, 0.1) is 22.7 Å². The first kappa shape index (κ1) is 31.0. The molecule has 0 radical (unpaired) electrons. The molecule has 244 valence electrons. The molecule has 0 aromatic heterocycles. The highest BCUT2D eigenvalue weighted by Gasteiger charge is 2.80. The number of rotatable bonds is 6. The lowest BCUT2D eigenvalue weighted by atomic mass is 9.44. The Bertz CT molecular complexity index is 1660. The summed E-state index contributed by atoms with van der Waals surface area (Å²) in [4.78, 5) is 25.9. The van der Waals surface area contributed by atoms with Gasteiger partial charge in [0.25, 0.3) is 0 Å². The van der Waals surface area contributed by atoms with Gasteiger partial charge in [-0.15, -0.1) is 0 Å². The summed E-state index contributed by atoms with van der Waals surface area (Å²) in [5.74, 6) is -2.34. The molecule has 1 saturated heterocycles. The normalized spacial score (nSPS) is 40.8. The highest BCUT2D eigenvalue weighted by molar-refractivity contribution is 6.01. The van der Waals surface area contributed by atoms with E-state index in [1.54, 1.807) is 38.2 Å². The number of benzene rings is 2. The van der Waals surface area contributed by atoms with Crippen molar-refractivity contribution in [2.75, 3.05) is 19.0 Å². The molecule has 2 aromatic carbocycles. The van der Waals surface area contributed by atoms with Crippen molar-refractivity contribution in [1.82, 2.24) is 0 Å². The topological polar surface area (TPSA) is 135 Å². The molecule has 46 heavy (non-hydrogen) atoms. The highest BCUT2D eigenvalue weighted by atomic mass is 19.1. The van der Waals surface area contributed by atoms with E-state index in [4.69, 9.17) is 14.2 Å². The van der Waals surface area contributed by atoms with Crippen LogP contribution < -0.4 is 10.1 Å². The predicted molar refractivity (Wildman–Crippen MR) is 162 cm³/mol. The number of Topliss-reactive ketones (excluding diaryl/α,β-unsaturated/α-hetero) is 1. The zero-order chi connectivity index (χ0) is 32.8. The minimum absolute atomic E-state index is 0.00974. The fraction of sp³-hybridized carbons (Fsp3) is 0.486. The molecule has 3 saturated carbocycles. The number of phenolic OH excluding ortho intramolecular Hbond substituents is 1. The van der Waals surface area contributed by atoms with Gasteiger partial charge in [-0.05, 0) is 92.3 Å². The smallest absolute Gasteiger partial charge is 0.193 e. The summed E-state index contributed by atoms with van der Waals surface area (Å²) in [5.41, 5.74) is -5.65. The van der Waals surface area contributed by atoms with E-state index >= 15 is 8.78 Å². The predicted octanol–water partition coefficient (Wildman–Crippen LogP) is 4.87. The van der Waals surface area contributed by atoms with Gasteiger partial charge in [-0.3, -0.25) is 9.59 Å². The van der Waals surface area contributed by atoms with Crippen molar-refractivity contribution in [3.05, 3.63) is 71.8 Å².